The Labute approximate surface area is 199 Å². The molecule has 2 aliphatic rings. The molecule has 0 radical (unpaired) electrons. The van der Waals surface area contributed by atoms with E-state index >= 15 is 0 Å². The maximum Gasteiger partial charge on any atom is 0.336 e. The molecule has 1 N–H and O–H groups in total. The van der Waals surface area contributed by atoms with Crippen molar-refractivity contribution < 1.29 is 28.2 Å². The molecule has 2 heterocycles. The third kappa shape index (κ3) is 3.17. The molecule has 174 valence electrons. The number of benzene rings is 2. The van der Waals surface area contributed by atoms with Gasteiger partial charge in [-0.1, -0.05) is 18.5 Å². The lowest BCUT2D eigenvalue weighted by atomic mass is 9.74. The lowest BCUT2D eigenvalue weighted by molar-refractivity contribution is -0.129. The third-order valence-corrected chi connectivity index (χ3v) is 6.59. The van der Waals surface area contributed by atoms with E-state index in [1.807, 2.05) is 6.07 Å². The van der Waals surface area contributed by atoms with E-state index < -0.39 is 28.7 Å². The summed E-state index contributed by atoms with van der Waals surface area (Å²) in [5.41, 5.74) is -0.228. The van der Waals surface area contributed by atoms with Crippen LogP contribution in [0.15, 0.2) is 57.4 Å². The van der Waals surface area contributed by atoms with Crippen LogP contribution in [0.1, 0.15) is 23.7 Å². The normalized spacial score (nSPS) is 21.3. The third-order valence-electron chi connectivity index (χ3n) is 6.23. The van der Waals surface area contributed by atoms with Gasteiger partial charge in [-0.3, -0.25) is 9.59 Å². The van der Waals surface area contributed by atoms with Crippen molar-refractivity contribution in [1.29, 1.82) is 0 Å². The van der Waals surface area contributed by atoms with E-state index in [2.05, 4.69) is 5.32 Å². The Balaban J connectivity index is 1.49. The lowest BCUT2D eigenvalue weighted by Crippen LogP contribution is -2.55. The highest BCUT2D eigenvalue weighted by Crippen LogP contribution is 2.53. The van der Waals surface area contributed by atoms with Gasteiger partial charge in [0.1, 0.15) is 27.7 Å². The second-order valence-corrected chi connectivity index (χ2v) is 8.62. The van der Waals surface area contributed by atoms with Gasteiger partial charge in [-0.15, -0.1) is 0 Å². The Kier molecular flexibility index (Phi) is 5.13. The molecule has 0 saturated carbocycles. The molecule has 3 aromatic rings. The molecule has 1 aromatic heterocycles. The maximum absolute atomic E-state index is 13.6. The van der Waals surface area contributed by atoms with Gasteiger partial charge >= 0.3 is 5.63 Å². The Morgan fingerprint density at radius 3 is 2.53 bits per heavy atom. The molecule has 34 heavy (non-hydrogen) atoms. The Morgan fingerprint density at radius 1 is 1.06 bits per heavy atom. The fraction of sp³-hybridized carbons (Fsp3) is 0.240. The Bertz CT molecular complexity index is 1460. The minimum absolute atomic E-state index is 0.0869. The van der Waals surface area contributed by atoms with Crippen LogP contribution < -0.4 is 25.2 Å². The van der Waals surface area contributed by atoms with Gasteiger partial charge in [0.05, 0.1) is 14.2 Å². The molecule has 1 aliphatic heterocycles. The van der Waals surface area contributed by atoms with E-state index in [1.165, 1.54) is 32.4 Å². The molecule has 2 atom stereocenters. The highest BCUT2D eigenvalue weighted by Gasteiger charge is 2.60. The van der Waals surface area contributed by atoms with Crippen molar-refractivity contribution in [3.63, 3.8) is 0 Å². The molecular weight excluding hydrogens is 462 g/mol. The molecule has 0 fully saturated rings. The van der Waals surface area contributed by atoms with Crippen LogP contribution in [0.25, 0.3) is 11.0 Å². The van der Waals surface area contributed by atoms with E-state index in [0.717, 1.165) is 5.39 Å². The number of carbonyl (C=O) groups excluding carboxylic acids is 2. The summed E-state index contributed by atoms with van der Waals surface area (Å²) in [6.45, 7) is 1.78. The molecule has 1 aliphatic carbocycles. The molecule has 1 spiro atoms. The lowest BCUT2D eigenvalue weighted by Gasteiger charge is -2.35. The first kappa shape index (κ1) is 22.0. The predicted octanol–water partition coefficient (Wildman–Crippen LogP) is 4.38. The number of halogens is 1. The van der Waals surface area contributed by atoms with Crippen molar-refractivity contribution >= 4 is 39.8 Å². The SMILES string of the molecule is COc1cc(OC)c2c(c1Cl)O[C@@]1(C(=O)C=C(Nc3ccc4oc(=O)ccc4c3)C[C@H]1C)C2=O. The van der Waals surface area contributed by atoms with Crippen LogP contribution in [0.5, 0.6) is 17.2 Å². The number of nitrogens with one attached hydrogen (secondary N) is 1. The monoisotopic (exact) mass is 481 g/mol. The standard InChI is InChI=1S/C25H20ClNO7/c1-12-8-15(27-14-5-6-16-13(9-14)4-7-20(29)33-16)10-19(28)25(12)24(30)21-17(31-2)11-18(32-3)22(26)23(21)34-25/h4-7,9-12,27H,8H2,1-3H3/t12-,25+/m1/s1. The summed E-state index contributed by atoms with van der Waals surface area (Å²) < 4.78 is 21.8. The van der Waals surface area contributed by atoms with Gasteiger partial charge in [0.25, 0.3) is 0 Å². The predicted molar refractivity (Wildman–Crippen MR) is 125 cm³/mol. The highest BCUT2D eigenvalue weighted by molar-refractivity contribution is 6.36. The van der Waals surface area contributed by atoms with Crippen LogP contribution in [-0.2, 0) is 4.79 Å². The number of carbonyl (C=O) groups is 2. The van der Waals surface area contributed by atoms with Crippen LogP contribution in [-0.4, -0.2) is 31.4 Å². The van der Waals surface area contributed by atoms with Gasteiger partial charge < -0.3 is 23.9 Å². The summed E-state index contributed by atoms with van der Waals surface area (Å²) in [7, 11) is 2.86. The summed E-state index contributed by atoms with van der Waals surface area (Å²) in [6, 6.07) is 9.74. The topological polar surface area (TPSA) is 104 Å². The highest BCUT2D eigenvalue weighted by atomic mass is 35.5. The van der Waals surface area contributed by atoms with Crippen LogP contribution in [0.3, 0.4) is 0 Å². The molecule has 0 unspecified atom stereocenters. The molecule has 9 heteroatoms. The fourth-order valence-corrected chi connectivity index (χ4v) is 4.82. The smallest absolute Gasteiger partial charge is 0.336 e. The quantitative estimate of drug-likeness (QED) is 0.432. The number of anilines is 1. The summed E-state index contributed by atoms with van der Waals surface area (Å²) >= 11 is 6.42. The molecular formula is C25H20ClNO7. The van der Waals surface area contributed by atoms with Crippen molar-refractivity contribution in [2.75, 3.05) is 19.5 Å². The van der Waals surface area contributed by atoms with Gasteiger partial charge in [-0.2, -0.15) is 0 Å². The zero-order valence-electron chi connectivity index (χ0n) is 18.6. The number of rotatable bonds is 4. The zero-order valence-corrected chi connectivity index (χ0v) is 19.3. The summed E-state index contributed by atoms with van der Waals surface area (Å²) in [6.07, 6.45) is 1.75. The fourth-order valence-electron chi connectivity index (χ4n) is 4.55. The number of allylic oxidation sites excluding steroid dienone is 1. The first-order valence-corrected chi connectivity index (χ1v) is 10.9. The number of ketones is 2. The molecule has 5 rings (SSSR count). The minimum Gasteiger partial charge on any atom is -0.496 e. The zero-order chi connectivity index (χ0) is 24.2. The average molecular weight is 482 g/mol. The minimum atomic E-state index is -1.73. The Hall–Kier alpha value is -3.78. The van der Waals surface area contributed by atoms with Gasteiger partial charge in [0.2, 0.25) is 17.2 Å². The maximum atomic E-state index is 13.6. The van der Waals surface area contributed by atoms with Crippen LogP contribution >= 0.6 is 11.6 Å². The van der Waals surface area contributed by atoms with Gasteiger partial charge in [0.15, 0.2) is 5.75 Å². The van der Waals surface area contributed by atoms with Crippen molar-refractivity contribution in [3.8, 4) is 17.2 Å². The van der Waals surface area contributed by atoms with Crippen molar-refractivity contribution in [2.45, 2.75) is 18.9 Å². The van der Waals surface area contributed by atoms with E-state index in [-0.39, 0.29) is 27.8 Å². The Morgan fingerprint density at radius 2 is 1.82 bits per heavy atom. The number of hydrogen-bond donors (Lipinski definition) is 1. The van der Waals surface area contributed by atoms with Crippen LogP contribution in [0, 0.1) is 5.92 Å². The molecule has 0 amide bonds. The molecule has 0 bridgehead atoms. The molecule has 2 aromatic carbocycles. The summed E-state index contributed by atoms with van der Waals surface area (Å²) in [4.78, 5) is 38.3. The van der Waals surface area contributed by atoms with Gasteiger partial charge in [-0.25, -0.2) is 4.79 Å². The summed E-state index contributed by atoms with van der Waals surface area (Å²) in [5, 5.41) is 4.07. The van der Waals surface area contributed by atoms with Crippen molar-refractivity contribution in [2.24, 2.45) is 5.92 Å². The van der Waals surface area contributed by atoms with Crippen molar-refractivity contribution in [3.05, 3.63) is 69.2 Å². The van der Waals surface area contributed by atoms with Gasteiger partial charge in [-0.05, 0) is 30.7 Å². The van der Waals surface area contributed by atoms with Crippen LogP contribution in [0.2, 0.25) is 5.02 Å². The number of methoxy groups -OCH3 is 2. The first-order valence-electron chi connectivity index (χ1n) is 10.5. The van der Waals surface area contributed by atoms with E-state index in [9.17, 15) is 14.4 Å². The summed E-state index contributed by atoms with van der Waals surface area (Å²) in [5.74, 6) is -0.880. The number of ether oxygens (including phenoxy) is 3. The first-order chi connectivity index (χ1) is 16.3. The van der Waals surface area contributed by atoms with E-state index in [0.29, 0.717) is 23.4 Å². The largest absolute Gasteiger partial charge is 0.496 e. The second-order valence-electron chi connectivity index (χ2n) is 8.24. The van der Waals surface area contributed by atoms with E-state index in [4.69, 9.17) is 30.2 Å². The van der Waals surface area contributed by atoms with Crippen LogP contribution in [0.4, 0.5) is 5.69 Å². The average Bonchev–Trinajstić information content (AvgIpc) is 3.13. The van der Waals surface area contributed by atoms with E-state index in [1.54, 1.807) is 25.1 Å². The number of hydrogen-bond acceptors (Lipinski definition) is 8. The number of Topliss-reactive ketones (excluding diaryl/α,β-unsaturated/α-hetero) is 1. The van der Waals surface area contributed by atoms with Gasteiger partial charge in [0, 0.05) is 40.9 Å². The molecule has 8 nitrogen and oxygen atoms in total. The van der Waals surface area contributed by atoms with Crippen molar-refractivity contribution in [1.82, 2.24) is 0 Å². The second kappa shape index (κ2) is 7.92. The number of fused-ring (bicyclic) bond motifs is 2. The molecule has 0 saturated heterocycles.